The van der Waals surface area contributed by atoms with E-state index in [0.29, 0.717) is 22.5 Å². The van der Waals surface area contributed by atoms with Crippen LogP contribution in [-0.2, 0) is 11.2 Å². The highest BCUT2D eigenvalue weighted by atomic mass is 32.2. The molecule has 2 amide bonds. The van der Waals surface area contributed by atoms with Crippen molar-refractivity contribution in [2.75, 3.05) is 18.0 Å². The molecule has 3 aromatic rings. The lowest BCUT2D eigenvalue weighted by atomic mass is 9.91. The van der Waals surface area contributed by atoms with Crippen LogP contribution >= 0.6 is 23.1 Å². The molecule has 5 rings (SSSR count). The predicted molar refractivity (Wildman–Crippen MR) is 132 cm³/mol. The van der Waals surface area contributed by atoms with Gasteiger partial charge in [0, 0.05) is 35.9 Å². The first kappa shape index (κ1) is 21.8. The minimum atomic E-state index is -0.374. The van der Waals surface area contributed by atoms with Crippen molar-refractivity contribution in [3.63, 3.8) is 0 Å². The zero-order chi connectivity index (χ0) is 22.6. The van der Waals surface area contributed by atoms with Gasteiger partial charge in [0.2, 0.25) is 5.95 Å². The second-order valence-electron chi connectivity index (χ2n) is 8.13. The van der Waals surface area contributed by atoms with Crippen molar-refractivity contribution >= 4 is 46.3 Å². The Labute approximate surface area is 200 Å². The molecule has 33 heavy (non-hydrogen) atoms. The third-order valence-electron chi connectivity index (χ3n) is 5.92. The zero-order valence-corrected chi connectivity index (χ0v) is 19.6. The molecular weight excluding hydrogens is 454 g/mol. The van der Waals surface area contributed by atoms with Gasteiger partial charge >= 0.3 is 0 Å². The van der Waals surface area contributed by atoms with Gasteiger partial charge in [-0.05, 0) is 79.1 Å². The van der Waals surface area contributed by atoms with E-state index < -0.39 is 0 Å². The van der Waals surface area contributed by atoms with Gasteiger partial charge in [-0.1, -0.05) is 6.07 Å². The average molecular weight is 478 g/mol. The standard InChI is InChI=1S/C24H23N5O2S2/c30-22-21(33-24(31)28-22)14-19-6-10-25-23(27-19)29-11-7-16(8-12-29)4-5-18-2-1-3-20(26-18)17-9-13-32-15-17/h1-3,6,9-10,13-16H,4-5,7-8,11-12H2,(H,28,30,31)/b21-14-. The Bertz CT molecular complexity index is 1190. The summed E-state index contributed by atoms with van der Waals surface area (Å²) in [5.74, 6) is 0.951. The van der Waals surface area contributed by atoms with Crippen LogP contribution in [0.4, 0.5) is 10.7 Å². The van der Waals surface area contributed by atoms with Crippen LogP contribution in [0.2, 0.25) is 0 Å². The largest absolute Gasteiger partial charge is 0.341 e. The minimum absolute atomic E-state index is 0.351. The molecule has 0 saturated carbocycles. The number of pyridine rings is 1. The Morgan fingerprint density at radius 1 is 1.12 bits per heavy atom. The van der Waals surface area contributed by atoms with Gasteiger partial charge in [-0.2, -0.15) is 11.3 Å². The van der Waals surface area contributed by atoms with Crippen molar-refractivity contribution in [3.8, 4) is 11.3 Å². The maximum absolute atomic E-state index is 11.8. The minimum Gasteiger partial charge on any atom is -0.341 e. The van der Waals surface area contributed by atoms with E-state index in [9.17, 15) is 9.59 Å². The Morgan fingerprint density at radius 2 is 2.00 bits per heavy atom. The number of carbonyl (C=O) groups excluding carboxylic acids is 2. The maximum Gasteiger partial charge on any atom is 0.290 e. The summed E-state index contributed by atoms with van der Waals surface area (Å²) in [6.07, 6.45) is 7.63. The molecule has 2 aliphatic rings. The van der Waals surface area contributed by atoms with Crippen LogP contribution in [-0.4, -0.2) is 39.2 Å². The van der Waals surface area contributed by atoms with E-state index in [1.807, 2.05) is 0 Å². The molecule has 0 aliphatic carbocycles. The molecule has 5 heterocycles. The van der Waals surface area contributed by atoms with Crippen molar-refractivity contribution in [2.45, 2.75) is 25.7 Å². The molecule has 0 atom stereocenters. The molecule has 3 aromatic heterocycles. The number of piperidine rings is 1. The third-order valence-corrected chi connectivity index (χ3v) is 7.41. The van der Waals surface area contributed by atoms with E-state index in [2.05, 4.69) is 55.2 Å². The summed E-state index contributed by atoms with van der Waals surface area (Å²) in [7, 11) is 0. The van der Waals surface area contributed by atoms with Crippen molar-refractivity contribution in [1.82, 2.24) is 20.3 Å². The third kappa shape index (κ3) is 5.31. The highest BCUT2D eigenvalue weighted by Crippen LogP contribution is 2.27. The van der Waals surface area contributed by atoms with Crippen molar-refractivity contribution in [1.29, 1.82) is 0 Å². The molecule has 168 valence electrons. The first-order valence-electron chi connectivity index (χ1n) is 11.0. The molecule has 1 N–H and O–H groups in total. The summed E-state index contributed by atoms with van der Waals surface area (Å²) in [5.41, 5.74) is 4.02. The summed E-state index contributed by atoms with van der Waals surface area (Å²) in [4.78, 5) is 39.6. The summed E-state index contributed by atoms with van der Waals surface area (Å²) in [5, 5.41) is 6.13. The lowest BCUT2D eigenvalue weighted by molar-refractivity contribution is -0.115. The molecule has 0 bridgehead atoms. The number of hydrogen-bond acceptors (Lipinski definition) is 8. The molecule has 2 aliphatic heterocycles. The molecule has 0 spiro atoms. The Morgan fingerprint density at radius 3 is 2.76 bits per heavy atom. The lowest BCUT2D eigenvalue weighted by Gasteiger charge is -2.32. The van der Waals surface area contributed by atoms with E-state index in [-0.39, 0.29) is 11.1 Å². The van der Waals surface area contributed by atoms with Crippen molar-refractivity contribution in [2.24, 2.45) is 5.92 Å². The van der Waals surface area contributed by atoms with Crippen LogP contribution in [0.15, 0.2) is 52.2 Å². The lowest BCUT2D eigenvalue weighted by Crippen LogP contribution is -2.35. The van der Waals surface area contributed by atoms with Crippen LogP contribution in [0.5, 0.6) is 0 Å². The smallest absolute Gasteiger partial charge is 0.290 e. The fourth-order valence-electron chi connectivity index (χ4n) is 4.11. The molecule has 2 saturated heterocycles. The number of carbonyl (C=O) groups is 2. The number of nitrogens with zero attached hydrogens (tertiary/aromatic N) is 4. The summed E-state index contributed by atoms with van der Waals surface area (Å²) < 4.78 is 0. The SMILES string of the molecule is O=C1NC(=O)/C(=C/c2ccnc(N3CCC(CCc4cccc(-c5ccsc5)n4)CC3)n2)S1. The number of aryl methyl sites for hydroxylation is 1. The second kappa shape index (κ2) is 9.84. The number of imide groups is 1. The Kier molecular flexibility index (Phi) is 6.50. The number of hydrogen-bond donors (Lipinski definition) is 1. The molecule has 7 nitrogen and oxygen atoms in total. The van der Waals surface area contributed by atoms with E-state index >= 15 is 0 Å². The highest BCUT2D eigenvalue weighted by Gasteiger charge is 2.25. The molecule has 2 fully saturated rings. The number of thioether (sulfide) groups is 1. The predicted octanol–water partition coefficient (Wildman–Crippen LogP) is 4.77. The van der Waals surface area contributed by atoms with Gasteiger partial charge in [-0.25, -0.2) is 9.97 Å². The first-order valence-corrected chi connectivity index (χ1v) is 12.7. The van der Waals surface area contributed by atoms with Gasteiger partial charge in [-0.15, -0.1) is 0 Å². The van der Waals surface area contributed by atoms with Crippen LogP contribution in [0.25, 0.3) is 17.3 Å². The average Bonchev–Trinajstić information content (AvgIpc) is 3.48. The van der Waals surface area contributed by atoms with E-state index in [0.717, 1.165) is 61.9 Å². The van der Waals surface area contributed by atoms with Crippen LogP contribution in [0, 0.1) is 5.92 Å². The van der Waals surface area contributed by atoms with Gasteiger partial charge in [0.1, 0.15) is 0 Å². The second-order valence-corrected chi connectivity index (χ2v) is 9.92. The van der Waals surface area contributed by atoms with Gasteiger partial charge < -0.3 is 4.90 Å². The van der Waals surface area contributed by atoms with E-state index in [1.54, 1.807) is 29.7 Å². The molecule has 9 heteroatoms. The number of aromatic nitrogens is 3. The van der Waals surface area contributed by atoms with Crippen LogP contribution < -0.4 is 10.2 Å². The van der Waals surface area contributed by atoms with Gasteiger partial charge in [-0.3, -0.25) is 19.9 Å². The van der Waals surface area contributed by atoms with Crippen molar-refractivity contribution < 1.29 is 9.59 Å². The Hall–Kier alpha value is -3.04. The number of amides is 2. The normalized spacial score (nSPS) is 18.2. The molecule has 0 unspecified atom stereocenters. The number of nitrogens with one attached hydrogen (secondary N) is 1. The fourth-order valence-corrected chi connectivity index (χ4v) is 5.43. The topological polar surface area (TPSA) is 88.1 Å². The summed E-state index contributed by atoms with van der Waals surface area (Å²) >= 11 is 2.59. The maximum atomic E-state index is 11.8. The summed E-state index contributed by atoms with van der Waals surface area (Å²) in [6, 6.07) is 10.2. The van der Waals surface area contributed by atoms with Gasteiger partial charge in [0.25, 0.3) is 11.1 Å². The van der Waals surface area contributed by atoms with Crippen molar-refractivity contribution in [3.05, 3.63) is 63.6 Å². The fraction of sp³-hybridized carbons (Fsp3) is 0.292. The summed E-state index contributed by atoms with van der Waals surface area (Å²) in [6.45, 7) is 1.81. The number of rotatable bonds is 6. The molecule has 0 aromatic carbocycles. The molecular formula is C24H23N5O2S2. The van der Waals surface area contributed by atoms with Gasteiger partial charge in [0.15, 0.2) is 0 Å². The highest BCUT2D eigenvalue weighted by molar-refractivity contribution is 8.18. The van der Waals surface area contributed by atoms with Gasteiger partial charge in [0.05, 0.1) is 16.3 Å². The number of anilines is 1. The quantitative estimate of drug-likeness (QED) is 0.512. The number of thiophene rings is 1. The van der Waals surface area contributed by atoms with Crippen LogP contribution in [0.1, 0.15) is 30.7 Å². The van der Waals surface area contributed by atoms with E-state index in [1.165, 1.54) is 5.56 Å². The van der Waals surface area contributed by atoms with Crippen LogP contribution in [0.3, 0.4) is 0 Å². The van der Waals surface area contributed by atoms with E-state index in [4.69, 9.17) is 4.98 Å². The Balaban J connectivity index is 1.16. The monoisotopic (exact) mass is 477 g/mol. The first-order chi connectivity index (χ1) is 16.1. The zero-order valence-electron chi connectivity index (χ0n) is 17.9. The molecule has 0 radical (unpaired) electrons.